The first-order chi connectivity index (χ1) is 13.3. The highest BCUT2D eigenvalue weighted by atomic mass is 19.4. The van der Waals surface area contributed by atoms with Crippen molar-refractivity contribution in [2.75, 3.05) is 16.0 Å². The van der Waals surface area contributed by atoms with Crippen molar-refractivity contribution in [3.05, 3.63) is 60.3 Å². The molecule has 0 bridgehead atoms. The number of nitrogens with one attached hydrogen (secondary N) is 3. The summed E-state index contributed by atoms with van der Waals surface area (Å²) in [5, 5.41) is 15.7. The molecule has 0 spiro atoms. The molecule has 0 aliphatic rings. The average Bonchev–Trinajstić information content (AvgIpc) is 2.63. The van der Waals surface area contributed by atoms with E-state index in [1.54, 1.807) is 24.3 Å². The zero-order valence-corrected chi connectivity index (χ0v) is 14.6. The first-order valence-electron chi connectivity index (χ1n) is 8.09. The Labute approximate surface area is 158 Å². The van der Waals surface area contributed by atoms with Gasteiger partial charge in [-0.25, -0.2) is 0 Å². The summed E-state index contributed by atoms with van der Waals surface area (Å²) < 4.78 is 39.3. The standard InChI is InChI=1S/C18H15F3N6O/c1-11(28)23-12-6-8-13(9-7-12)24-17-26-16(10-22-27-17)25-15-5-3-2-4-14(15)18(19,20)21/h2-10H,1H3,(H,23,28)(H2,24,25,26,27). The molecule has 3 N–H and O–H groups in total. The minimum atomic E-state index is -4.50. The molecule has 0 saturated carbocycles. The van der Waals surface area contributed by atoms with Crippen molar-refractivity contribution < 1.29 is 18.0 Å². The lowest BCUT2D eigenvalue weighted by Gasteiger charge is -2.14. The quantitative estimate of drug-likeness (QED) is 0.602. The van der Waals surface area contributed by atoms with E-state index < -0.39 is 11.7 Å². The number of hydrogen-bond acceptors (Lipinski definition) is 6. The minimum absolute atomic E-state index is 0.0989. The van der Waals surface area contributed by atoms with E-state index in [0.717, 1.165) is 6.07 Å². The van der Waals surface area contributed by atoms with E-state index in [2.05, 4.69) is 31.1 Å². The van der Waals surface area contributed by atoms with Gasteiger partial charge in [0.25, 0.3) is 0 Å². The fourth-order valence-corrected chi connectivity index (χ4v) is 2.36. The van der Waals surface area contributed by atoms with Gasteiger partial charge in [0.2, 0.25) is 11.9 Å². The molecule has 3 aromatic rings. The normalized spacial score (nSPS) is 11.0. The molecule has 7 nitrogen and oxygen atoms in total. The van der Waals surface area contributed by atoms with Gasteiger partial charge >= 0.3 is 6.18 Å². The fourth-order valence-electron chi connectivity index (χ4n) is 2.36. The van der Waals surface area contributed by atoms with Gasteiger partial charge in [-0.1, -0.05) is 12.1 Å². The lowest BCUT2D eigenvalue weighted by atomic mass is 10.1. The third-order valence-electron chi connectivity index (χ3n) is 3.52. The molecule has 0 radical (unpaired) electrons. The number of halogens is 3. The van der Waals surface area contributed by atoms with Crippen molar-refractivity contribution >= 4 is 34.7 Å². The van der Waals surface area contributed by atoms with Gasteiger partial charge in [-0.3, -0.25) is 4.79 Å². The summed E-state index contributed by atoms with van der Waals surface area (Å²) in [7, 11) is 0. The zero-order valence-electron chi connectivity index (χ0n) is 14.6. The predicted molar refractivity (Wildman–Crippen MR) is 98.6 cm³/mol. The Morgan fingerprint density at radius 3 is 2.32 bits per heavy atom. The maximum atomic E-state index is 13.1. The van der Waals surface area contributed by atoms with Crippen LogP contribution in [0.5, 0.6) is 0 Å². The van der Waals surface area contributed by atoms with Crippen LogP contribution < -0.4 is 16.0 Å². The van der Waals surface area contributed by atoms with Gasteiger partial charge in [-0.2, -0.15) is 23.3 Å². The van der Waals surface area contributed by atoms with E-state index in [4.69, 9.17) is 0 Å². The Morgan fingerprint density at radius 1 is 0.964 bits per heavy atom. The summed E-state index contributed by atoms with van der Waals surface area (Å²) in [5.74, 6) is 0.0111. The number of anilines is 5. The van der Waals surface area contributed by atoms with E-state index in [1.807, 2.05) is 0 Å². The molecular weight excluding hydrogens is 373 g/mol. The largest absolute Gasteiger partial charge is 0.418 e. The second kappa shape index (κ2) is 7.91. The van der Waals surface area contributed by atoms with Crippen LogP contribution in [0.4, 0.5) is 42.0 Å². The molecule has 0 aliphatic carbocycles. The van der Waals surface area contributed by atoms with E-state index in [0.29, 0.717) is 11.4 Å². The van der Waals surface area contributed by atoms with Crippen molar-refractivity contribution in [2.24, 2.45) is 0 Å². The van der Waals surface area contributed by atoms with Crippen molar-refractivity contribution in [1.82, 2.24) is 15.2 Å². The second-order valence-electron chi connectivity index (χ2n) is 5.72. The Kier molecular flexibility index (Phi) is 5.39. The van der Waals surface area contributed by atoms with Crippen LogP contribution in [-0.4, -0.2) is 21.1 Å². The Balaban J connectivity index is 1.76. The Bertz CT molecular complexity index is 976. The van der Waals surface area contributed by atoms with E-state index in [9.17, 15) is 18.0 Å². The summed E-state index contributed by atoms with van der Waals surface area (Å²) in [6.07, 6.45) is -3.28. The third-order valence-corrected chi connectivity index (χ3v) is 3.52. The summed E-state index contributed by atoms with van der Waals surface area (Å²) >= 11 is 0. The molecule has 0 unspecified atom stereocenters. The molecule has 1 aromatic heterocycles. The molecule has 0 aliphatic heterocycles. The number of carbonyl (C=O) groups is 1. The van der Waals surface area contributed by atoms with Crippen LogP contribution in [0.25, 0.3) is 0 Å². The molecule has 28 heavy (non-hydrogen) atoms. The van der Waals surface area contributed by atoms with Crippen molar-refractivity contribution in [1.29, 1.82) is 0 Å². The second-order valence-corrected chi connectivity index (χ2v) is 5.72. The van der Waals surface area contributed by atoms with Crippen molar-refractivity contribution in [3.8, 4) is 0 Å². The van der Waals surface area contributed by atoms with Crippen LogP contribution in [0.15, 0.2) is 54.7 Å². The SMILES string of the molecule is CC(=O)Nc1ccc(Nc2nncc(Nc3ccccc3C(F)(F)F)n2)cc1. The smallest absolute Gasteiger partial charge is 0.338 e. The molecule has 3 rings (SSSR count). The highest BCUT2D eigenvalue weighted by Crippen LogP contribution is 2.35. The Morgan fingerprint density at radius 2 is 1.64 bits per heavy atom. The first-order valence-corrected chi connectivity index (χ1v) is 8.09. The lowest BCUT2D eigenvalue weighted by molar-refractivity contribution is -0.136. The number of amides is 1. The number of nitrogens with zero attached hydrogens (tertiary/aromatic N) is 3. The number of aromatic nitrogens is 3. The summed E-state index contributed by atoms with van der Waals surface area (Å²) in [5.41, 5.74) is 0.290. The fraction of sp³-hybridized carbons (Fsp3) is 0.111. The van der Waals surface area contributed by atoms with Gasteiger partial charge in [-0.15, -0.1) is 5.10 Å². The average molecular weight is 388 g/mol. The topological polar surface area (TPSA) is 91.8 Å². The monoisotopic (exact) mass is 388 g/mol. The molecule has 0 saturated heterocycles. The van der Waals surface area contributed by atoms with Gasteiger partial charge < -0.3 is 16.0 Å². The number of para-hydroxylation sites is 1. The van der Waals surface area contributed by atoms with Crippen LogP contribution in [-0.2, 0) is 11.0 Å². The van der Waals surface area contributed by atoms with E-state index in [1.165, 1.54) is 31.3 Å². The van der Waals surface area contributed by atoms with Crippen LogP contribution >= 0.6 is 0 Å². The van der Waals surface area contributed by atoms with Crippen LogP contribution in [0.1, 0.15) is 12.5 Å². The molecule has 2 aromatic carbocycles. The highest BCUT2D eigenvalue weighted by Gasteiger charge is 2.33. The molecule has 1 heterocycles. The number of carbonyl (C=O) groups excluding carboxylic acids is 1. The maximum Gasteiger partial charge on any atom is 0.418 e. The van der Waals surface area contributed by atoms with Crippen molar-refractivity contribution in [2.45, 2.75) is 13.1 Å². The van der Waals surface area contributed by atoms with Gasteiger partial charge in [0, 0.05) is 18.3 Å². The van der Waals surface area contributed by atoms with Gasteiger partial charge in [-0.05, 0) is 36.4 Å². The van der Waals surface area contributed by atoms with E-state index in [-0.39, 0.29) is 23.4 Å². The predicted octanol–water partition coefficient (Wildman–Crippen LogP) is 4.34. The number of benzene rings is 2. The summed E-state index contributed by atoms with van der Waals surface area (Å²) in [6, 6.07) is 11.8. The third kappa shape index (κ3) is 4.93. The van der Waals surface area contributed by atoms with Gasteiger partial charge in [0.15, 0.2) is 5.82 Å². The van der Waals surface area contributed by atoms with Crippen molar-refractivity contribution in [3.63, 3.8) is 0 Å². The molecule has 0 fully saturated rings. The Hall–Kier alpha value is -3.69. The maximum absolute atomic E-state index is 13.1. The molecule has 1 amide bonds. The van der Waals surface area contributed by atoms with Gasteiger partial charge in [0.05, 0.1) is 17.4 Å². The molecule has 10 heteroatoms. The molecular formula is C18H15F3N6O. The lowest BCUT2D eigenvalue weighted by Crippen LogP contribution is -2.09. The first kappa shape index (κ1) is 19.1. The van der Waals surface area contributed by atoms with Gasteiger partial charge in [0.1, 0.15) is 0 Å². The zero-order chi connectivity index (χ0) is 20.1. The van der Waals surface area contributed by atoms with Crippen LogP contribution in [0.3, 0.4) is 0 Å². The number of alkyl halides is 3. The number of rotatable bonds is 5. The summed E-state index contributed by atoms with van der Waals surface area (Å²) in [4.78, 5) is 15.2. The van der Waals surface area contributed by atoms with Crippen LogP contribution in [0.2, 0.25) is 0 Å². The van der Waals surface area contributed by atoms with Crippen LogP contribution in [0, 0.1) is 0 Å². The summed E-state index contributed by atoms with van der Waals surface area (Å²) in [6.45, 7) is 1.40. The number of hydrogen-bond donors (Lipinski definition) is 3. The minimum Gasteiger partial charge on any atom is -0.338 e. The van der Waals surface area contributed by atoms with E-state index >= 15 is 0 Å². The molecule has 144 valence electrons. The molecule has 0 atom stereocenters. The highest BCUT2D eigenvalue weighted by molar-refractivity contribution is 5.88.